The highest BCUT2D eigenvalue weighted by atomic mass is 79.9. The minimum atomic E-state index is 0.00591. The Bertz CT molecular complexity index is 299. The third-order valence-electron chi connectivity index (χ3n) is 1.32. The summed E-state index contributed by atoms with van der Waals surface area (Å²) >= 11 is 3.27. The molecule has 12 heavy (non-hydrogen) atoms. The Morgan fingerprint density at radius 2 is 2.42 bits per heavy atom. The standard InChI is InChI=1S/C8H9BrN2O/c9-7-4-6(2-1-3-12)8(10)11-5-7/h1-2,4-5,12H,3H2,(H2,10,11). The predicted octanol–water partition coefficient (Wildman–Crippen LogP) is 1.43. The fourth-order valence-corrected chi connectivity index (χ4v) is 1.13. The second-order valence-corrected chi connectivity index (χ2v) is 3.13. The molecule has 0 unspecified atom stereocenters. The molecular formula is C8H9BrN2O. The first-order chi connectivity index (χ1) is 5.74. The van der Waals surface area contributed by atoms with Crippen LogP contribution in [-0.4, -0.2) is 16.7 Å². The summed E-state index contributed by atoms with van der Waals surface area (Å²) < 4.78 is 0.870. The van der Waals surface area contributed by atoms with E-state index < -0.39 is 0 Å². The Hall–Kier alpha value is -0.870. The second-order valence-electron chi connectivity index (χ2n) is 2.21. The van der Waals surface area contributed by atoms with Crippen molar-refractivity contribution in [3.8, 4) is 0 Å². The Balaban J connectivity index is 2.97. The highest BCUT2D eigenvalue weighted by molar-refractivity contribution is 9.10. The minimum Gasteiger partial charge on any atom is -0.392 e. The molecule has 1 aromatic rings. The molecule has 0 radical (unpaired) electrons. The number of nitrogen functional groups attached to an aromatic ring is 1. The molecule has 64 valence electrons. The first-order valence-electron chi connectivity index (χ1n) is 3.42. The van der Waals surface area contributed by atoms with E-state index in [1.165, 1.54) is 0 Å². The summed E-state index contributed by atoms with van der Waals surface area (Å²) in [5.41, 5.74) is 6.37. The van der Waals surface area contributed by atoms with Gasteiger partial charge in [-0.3, -0.25) is 0 Å². The van der Waals surface area contributed by atoms with E-state index in [1.807, 2.05) is 6.07 Å². The van der Waals surface area contributed by atoms with Crippen molar-refractivity contribution in [2.45, 2.75) is 0 Å². The number of halogens is 1. The molecule has 0 atom stereocenters. The highest BCUT2D eigenvalue weighted by Gasteiger charge is 1.96. The summed E-state index contributed by atoms with van der Waals surface area (Å²) in [6, 6.07) is 1.84. The lowest BCUT2D eigenvalue weighted by atomic mass is 10.2. The van der Waals surface area contributed by atoms with Gasteiger partial charge >= 0.3 is 0 Å². The molecule has 3 nitrogen and oxygen atoms in total. The largest absolute Gasteiger partial charge is 0.392 e. The molecule has 4 heteroatoms. The topological polar surface area (TPSA) is 59.1 Å². The maximum absolute atomic E-state index is 8.53. The molecule has 0 saturated heterocycles. The predicted molar refractivity (Wildman–Crippen MR) is 52.5 cm³/mol. The van der Waals surface area contributed by atoms with Gasteiger partial charge in [-0.25, -0.2) is 4.98 Å². The van der Waals surface area contributed by atoms with Crippen LogP contribution in [0.1, 0.15) is 5.56 Å². The highest BCUT2D eigenvalue weighted by Crippen LogP contribution is 2.16. The lowest BCUT2D eigenvalue weighted by Crippen LogP contribution is -1.93. The molecule has 1 rings (SSSR count). The zero-order chi connectivity index (χ0) is 8.97. The van der Waals surface area contributed by atoms with Crippen LogP contribution in [0.5, 0.6) is 0 Å². The third-order valence-corrected chi connectivity index (χ3v) is 1.75. The molecule has 0 fully saturated rings. The molecule has 0 aliphatic carbocycles. The van der Waals surface area contributed by atoms with Crippen LogP contribution in [0.4, 0.5) is 5.82 Å². The van der Waals surface area contributed by atoms with E-state index in [4.69, 9.17) is 10.8 Å². The lowest BCUT2D eigenvalue weighted by molar-refractivity contribution is 0.343. The molecule has 0 aliphatic rings. The van der Waals surface area contributed by atoms with Crippen LogP contribution >= 0.6 is 15.9 Å². The van der Waals surface area contributed by atoms with Gasteiger partial charge in [-0.15, -0.1) is 0 Å². The Morgan fingerprint density at radius 3 is 3.08 bits per heavy atom. The van der Waals surface area contributed by atoms with Crippen LogP contribution in [0.15, 0.2) is 22.8 Å². The van der Waals surface area contributed by atoms with Crippen molar-refractivity contribution in [3.63, 3.8) is 0 Å². The second kappa shape index (κ2) is 4.23. The van der Waals surface area contributed by atoms with Gasteiger partial charge in [0.05, 0.1) is 6.61 Å². The van der Waals surface area contributed by atoms with Crippen molar-refractivity contribution in [3.05, 3.63) is 28.4 Å². The molecule has 0 spiro atoms. The lowest BCUT2D eigenvalue weighted by Gasteiger charge is -1.98. The Kier molecular flexibility index (Phi) is 3.25. The molecule has 3 N–H and O–H groups in total. The number of pyridine rings is 1. The van der Waals surface area contributed by atoms with E-state index in [0.717, 1.165) is 10.0 Å². The number of hydrogen-bond donors (Lipinski definition) is 2. The number of aliphatic hydroxyl groups is 1. The monoisotopic (exact) mass is 228 g/mol. The number of hydrogen-bond acceptors (Lipinski definition) is 3. The first kappa shape index (κ1) is 9.22. The van der Waals surface area contributed by atoms with E-state index in [9.17, 15) is 0 Å². The number of nitrogens with zero attached hydrogens (tertiary/aromatic N) is 1. The number of aromatic nitrogens is 1. The van der Waals surface area contributed by atoms with Crippen molar-refractivity contribution in [2.75, 3.05) is 12.3 Å². The average molecular weight is 229 g/mol. The van der Waals surface area contributed by atoms with E-state index in [2.05, 4.69) is 20.9 Å². The van der Waals surface area contributed by atoms with Gasteiger partial charge in [-0.1, -0.05) is 12.2 Å². The summed E-state index contributed by atoms with van der Waals surface area (Å²) in [6.07, 6.45) is 4.97. The smallest absolute Gasteiger partial charge is 0.130 e. The van der Waals surface area contributed by atoms with Crippen LogP contribution in [-0.2, 0) is 0 Å². The fourth-order valence-electron chi connectivity index (χ4n) is 0.779. The SMILES string of the molecule is Nc1ncc(Br)cc1C=CCO. The van der Waals surface area contributed by atoms with Gasteiger partial charge in [0.25, 0.3) is 0 Å². The van der Waals surface area contributed by atoms with Crippen LogP contribution < -0.4 is 5.73 Å². The quantitative estimate of drug-likeness (QED) is 0.806. The Morgan fingerprint density at radius 1 is 1.67 bits per heavy atom. The number of nitrogens with two attached hydrogens (primary N) is 1. The molecular weight excluding hydrogens is 220 g/mol. The van der Waals surface area contributed by atoms with E-state index >= 15 is 0 Å². The zero-order valence-corrected chi connectivity index (χ0v) is 7.95. The van der Waals surface area contributed by atoms with Gasteiger partial charge in [-0.05, 0) is 22.0 Å². The van der Waals surface area contributed by atoms with E-state index in [1.54, 1.807) is 18.3 Å². The van der Waals surface area contributed by atoms with Crippen molar-refractivity contribution >= 4 is 27.8 Å². The molecule has 0 aromatic carbocycles. The number of anilines is 1. The summed E-state index contributed by atoms with van der Waals surface area (Å²) in [6.45, 7) is 0.00591. The summed E-state index contributed by atoms with van der Waals surface area (Å²) in [5, 5.41) is 8.53. The van der Waals surface area contributed by atoms with Crippen molar-refractivity contribution < 1.29 is 5.11 Å². The molecule has 0 saturated carbocycles. The van der Waals surface area contributed by atoms with Gasteiger partial charge in [0.15, 0.2) is 0 Å². The molecule has 0 amide bonds. The normalized spacial score (nSPS) is 10.8. The molecule has 1 aromatic heterocycles. The summed E-state index contributed by atoms with van der Waals surface area (Å²) in [7, 11) is 0. The van der Waals surface area contributed by atoms with Crippen molar-refractivity contribution in [1.29, 1.82) is 0 Å². The van der Waals surface area contributed by atoms with Crippen molar-refractivity contribution in [1.82, 2.24) is 4.98 Å². The fraction of sp³-hybridized carbons (Fsp3) is 0.125. The van der Waals surface area contributed by atoms with Crippen molar-refractivity contribution in [2.24, 2.45) is 0 Å². The van der Waals surface area contributed by atoms with Crippen LogP contribution in [0.3, 0.4) is 0 Å². The van der Waals surface area contributed by atoms with Gasteiger partial charge in [0, 0.05) is 16.2 Å². The van der Waals surface area contributed by atoms with Gasteiger partial charge in [0.2, 0.25) is 0 Å². The van der Waals surface area contributed by atoms with Gasteiger partial charge < -0.3 is 10.8 Å². The minimum absolute atomic E-state index is 0.00591. The number of rotatable bonds is 2. The van der Waals surface area contributed by atoms with Crippen LogP contribution in [0, 0.1) is 0 Å². The van der Waals surface area contributed by atoms with Gasteiger partial charge in [-0.2, -0.15) is 0 Å². The summed E-state index contributed by atoms with van der Waals surface area (Å²) in [4.78, 5) is 3.93. The summed E-state index contributed by atoms with van der Waals surface area (Å²) in [5.74, 6) is 0.461. The zero-order valence-electron chi connectivity index (χ0n) is 6.37. The molecule has 0 aliphatic heterocycles. The van der Waals surface area contributed by atoms with E-state index in [-0.39, 0.29) is 6.61 Å². The maximum Gasteiger partial charge on any atom is 0.130 e. The first-order valence-corrected chi connectivity index (χ1v) is 4.21. The third kappa shape index (κ3) is 2.32. The molecule has 0 bridgehead atoms. The van der Waals surface area contributed by atoms with E-state index in [0.29, 0.717) is 5.82 Å². The van der Waals surface area contributed by atoms with Gasteiger partial charge in [0.1, 0.15) is 5.82 Å². The van der Waals surface area contributed by atoms with Crippen LogP contribution in [0.2, 0.25) is 0 Å². The average Bonchev–Trinajstić information content (AvgIpc) is 2.07. The molecule has 1 heterocycles. The maximum atomic E-state index is 8.53. The number of aliphatic hydroxyl groups excluding tert-OH is 1. The Labute approximate surface area is 79.1 Å². The van der Waals surface area contributed by atoms with Crippen LogP contribution in [0.25, 0.3) is 6.08 Å².